The number of hydrogen-bond acceptors (Lipinski definition) is 3. The van der Waals surface area contributed by atoms with Crippen LogP contribution >= 0.6 is 0 Å². The molecular weight excluding hydrogens is 234 g/mol. The lowest BCUT2D eigenvalue weighted by molar-refractivity contribution is 0.0821. The third kappa shape index (κ3) is 3.52. The van der Waals surface area contributed by atoms with Crippen molar-refractivity contribution in [2.24, 2.45) is 0 Å². The van der Waals surface area contributed by atoms with Crippen LogP contribution in [0.4, 0.5) is 0 Å². The van der Waals surface area contributed by atoms with Gasteiger partial charge in [0.2, 0.25) is 0 Å². The van der Waals surface area contributed by atoms with Gasteiger partial charge in [0, 0.05) is 28.7 Å². The van der Waals surface area contributed by atoms with Crippen molar-refractivity contribution in [2.45, 2.75) is 62.0 Å². The Balaban J connectivity index is 1.94. The van der Waals surface area contributed by atoms with Crippen molar-refractivity contribution in [3.05, 3.63) is 0 Å². The molecule has 1 N–H and O–H groups in total. The lowest BCUT2D eigenvalue weighted by atomic mass is 10.0. The maximum atomic E-state index is 12.6. The first-order chi connectivity index (χ1) is 8.33. The number of rotatable bonds is 4. The second kappa shape index (κ2) is 6.86. The third-order valence-corrected chi connectivity index (χ3v) is 6.14. The van der Waals surface area contributed by atoms with E-state index in [9.17, 15) is 4.21 Å². The van der Waals surface area contributed by atoms with Gasteiger partial charge in [-0.15, -0.1) is 0 Å². The van der Waals surface area contributed by atoms with Gasteiger partial charge in [-0.25, -0.2) is 0 Å². The van der Waals surface area contributed by atoms with Gasteiger partial charge < -0.3 is 10.1 Å². The van der Waals surface area contributed by atoms with E-state index in [2.05, 4.69) is 12.2 Å². The molecule has 0 spiro atoms. The second-order valence-corrected chi connectivity index (χ2v) is 7.08. The smallest absolute Gasteiger partial charge is 0.0738 e. The quantitative estimate of drug-likeness (QED) is 0.837. The molecule has 0 radical (unpaired) electrons. The number of hydrogen-bond donors (Lipinski definition) is 1. The maximum Gasteiger partial charge on any atom is 0.0738 e. The van der Waals surface area contributed by atoms with Crippen LogP contribution in [0.25, 0.3) is 0 Å². The molecule has 0 aromatic heterocycles. The highest BCUT2D eigenvalue weighted by Crippen LogP contribution is 2.26. The SMILES string of the molecule is CCNC1CCOCC1S(=O)C1CCCCC1. The van der Waals surface area contributed by atoms with Crippen LogP contribution in [0.15, 0.2) is 0 Å². The molecule has 0 aromatic rings. The fraction of sp³-hybridized carbons (Fsp3) is 1.00. The average Bonchev–Trinajstić information content (AvgIpc) is 2.40. The Morgan fingerprint density at radius 2 is 2.00 bits per heavy atom. The van der Waals surface area contributed by atoms with E-state index in [0.29, 0.717) is 17.9 Å². The highest BCUT2D eigenvalue weighted by molar-refractivity contribution is 7.86. The van der Waals surface area contributed by atoms with Crippen molar-refractivity contribution in [1.82, 2.24) is 5.32 Å². The Morgan fingerprint density at radius 3 is 2.71 bits per heavy atom. The lowest BCUT2D eigenvalue weighted by Gasteiger charge is -2.34. The van der Waals surface area contributed by atoms with E-state index in [1.54, 1.807) is 0 Å². The fourth-order valence-electron chi connectivity index (χ4n) is 2.98. The molecule has 2 rings (SSSR count). The highest BCUT2D eigenvalue weighted by atomic mass is 32.2. The van der Waals surface area contributed by atoms with Crippen LogP contribution in [0.5, 0.6) is 0 Å². The molecule has 0 amide bonds. The van der Waals surface area contributed by atoms with E-state index in [1.165, 1.54) is 19.3 Å². The molecule has 1 heterocycles. The molecule has 4 heteroatoms. The maximum absolute atomic E-state index is 12.6. The summed E-state index contributed by atoms with van der Waals surface area (Å²) < 4.78 is 18.2. The van der Waals surface area contributed by atoms with Crippen molar-refractivity contribution < 1.29 is 8.95 Å². The van der Waals surface area contributed by atoms with Gasteiger partial charge in [0.05, 0.1) is 11.9 Å². The minimum absolute atomic E-state index is 0.215. The van der Waals surface area contributed by atoms with Gasteiger partial charge in [-0.1, -0.05) is 26.2 Å². The molecule has 2 aliphatic rings. The van der Waals surface area contributed by atoms with Gasteiger partial charge >= 0.3 is 0 Å². The van der Waals surface area contributed by atoms with Crippen molar-refractivity contribution in [3.8, 4) is 0 Å². The van der Waals surface area contributed by atoms with Gasteiger partial charge in [-0.3, -0.25) is 4.21 Å². The zero-order valence-electron chi connectivity index (χ0n) is 10.8. The van der Waals surface area contributed by atoms with Crippen LogP contribution in [0, 0.1) is 0 Å². The van der Waals surface area contributed by atoms with Gasteiger partial charge in [-0.05, 0) is 25.8 Å². The van der Waals surface area contributed by atoms with Crippen LogP contribution < -0.4 is 5.32 Å². The van der Waals surface area contributed by atoms with Crippen molar-refractivity contribution in [3.63, 3.8) is 0 Å². The van der Waals surface area contributed by atoms with Crippen molar-refractivity contribution >= 4 is 10.8 Å². The summed E-state index contributed by atoms with van der Waals surface area (Å²) >= 11 is 0. The first kappa shape index (κ1) is 13.5. The molecule has 3 nitrogen and oxygen atoms in total. The molecule has 17 heavy (non-hydrogen) atoms. The zero-order valence-corrected chi connectivity index (χ0v) is 11.6. The molecule has 2 fully saturated rings. The largest absolute Gasteiger partial charge is 0.380 e. The Morgan fingerprint density at radius 1 is 1.24 bits per heavy atom. The average molecular weight is 259 g/mol. The molecule has 0 aromatic carbocycles. The van der Waals surface area contributed by atoms with Gasteiger partial charge in [0.25, 0.3) is 0 Å². The topological polar surface area (TPSA) is 38.3 Å². The minimum Gasteiger partial charge on any atom is -0.380 e. The Hall–Kier alpha value is 0.0700. The molecule has 0 bridgehead atoms. The van der Waals surface area contributed by atoms with Gasteiger partial charge in [-0.2, -0.15) is 0 Å². The summed E-state index contributed by atoms with van der Waals surface area (Å²) in [6, 6.07) is 0.400. The molecule has 1 saturated heterocycles. The Kier molecular flexibility index (Phi) is 5.45. The fourth-order valence-corrected chi connectivity index (χ4v) is 5.06. The van der Waals surface area contributed by atoms with E-state index < -0.39 is 10.8 Å². The van der Waals surface area contributed by atoms with Crippen molar-refractivity contribution in [2.75, 3.05) is 19.8 Å². The van der Waals surface area contributed by atoms with E-state index in [4.69, 9.17) is 4.74 Å². The molecule has 1 aliphatic carbocycles. The summed E-state index contributed by atoms with van der Waals surface area (Å²) in [4.78, 5) is 0. The van der Waals surface area contributed by atoms with Crippen LogP contribution in [-0.2, 0) is 15.5 Å². The second-order valence-electron chi connectivity index (χ2n) is 5.15. The number of nitrogens with one attached hydrogen (secondary N) is 1. The summed E-state index contributed by atoms with van der Waals surface area (Å²) in [5.41, 5.74) is 0. The van der Waals surface area contributed by atoms with Crippen molar-refractivity contribution in [1.29, 1.82) is 0 Å². The molecular formula is C13H25NO2S. The normalized spacial score (nSPS) is 33.5. The van der Waals surface area contributed by atoms with Crippen LogP contribution in [0.2, 0.25) is 0 Å². The van der Waals surface area contributed by atoms with E-state index in [-0.39, 0.29) is 5.25 Å². The van der Waals surface area contributed by atoms with E-state index in [1.807, 2.05) is 0 Å². The minimum atomic E-state index is -0.712. The van der Waals surface area contributed by atoms with Crippen LogP contribution in [-0.4, -0.2) is 40.5 Å². The molecule has 100 valence electrons. The summed E-state index contributed by atoms with van der Waals surface area (Å²) in [5, 5.41) is 4.12. The zero-order chi connectivity index (χ0) is 12.1. The molecule has 1 saturated carbocycles. The summed E-state index contributed by atoms with van der Waals surface area (Å²) in [7, 11) is -0.712. The molecule has 1 aliphatic heterocycles. The monoisotopic (exact) mass is 259 g/mol. The predicted molar refractivity (Wildman–Crippen MR) is 71.7 cm³/mol. The molecule has 3 atom stereocenters. The predicted octanol–water partition coefficient (Wildman–Crippen LogP) is 1.83. The third-order valence-electron chi connectivity index (χ3n) is 3.95. The molecule has 3 unspecified atom stereocenters. The summed E-state index contributed by atoms with van der Waals surface area (Å²) in [6.07, 6.45) is 7.16. The highest BCUT2D eigenvalue weighted by Gasteiger charge is 2.34. The number of ether oxygens (including phenoxy) is 1. The first-order valence-electron chi connectivity index (χ1n) is 7.03. The van der Waals surface area contributed by atoms with E-state index >= 15 is 0 Å². The summed E-state index contributed by atoms with van der Waals surface area (Å²) in [6.45, 7) is 4.58. The lowest BCUT2D eigenvalue weighted by Crippen LogP contribution is -2.50. The standard InChI is InChI=1S/C13H25NO2S/c1-2-14-12-8-9-16-10-13(12)17(15)11-6-4-3-5-7-11/h11-14H,2-10H2,1H3. The first-order valence-corrected chi connectivity index (χ1v) is 8.31. The van der Waals surface area contributed by atoms with Gasteiger partial charge in [0.15, 0.2) is 0 Å². The summed E-state index contributed by atoms with van der Waals surface area (Å²) in [5.74, 6) is 0. The Bertz CT molecular complexity index is 252. The Labute approximate surface area is 107 Å². The van der Waals surface area contributed by atoms with E-state index in [0.717, 1.165) is 32.4 Å². The van der Waals surface area contributed by atoms with Gasteiger partial charge in [0.1, 0.15) is 0 Å². The van der Waals surface area contributed by atoms with Crippen LogP contribution in [0.1, 0.15) is 45.4 Å². The van der Waals surface area contributed by atoms with Crippen LogP contribution in [0.3, 0.4) is 0 Å².